The lowest BCUT2D eigenvalue weighted by Gasteiger charge is -2.15. The van der Waals surface area contributed by atoms with Gasteiger partial charge in [0.1, 0.15) is 0 Å². The van der Waals surface area contributed by atoms with Crippen LogP contribution in [-0.2, 0) is 0 Å². The summed E-state index contributed by atoms with van der Waals surface area (Å²) in [6.45, 7) is 6.04. The monoisotopic (exact) mass is 142 g/mol. The van der Waals surface area contributed by atoms with Crippen molar-refractivity contribution >= 4 is 0 Å². The molecule has 0 bridgehead atoms. The van der Waals surface area contributed by atoms with Crippen LogP contribution in [0.25, 0.3) is 0 Å². The lowest BCUT2D eigenvalue weighted by atomic mass is 10.00. The Morgan fingerprint density at radius 3 is 2.70 bits per heavy atom. The lowest BCUT2D eigenvalue weighted by Crippen LogP contribution is -2.90. The van der Waals surface area contributed by atoms with E-state index in [0.29, 0.717) is 0 Å². The molecule has 0 aliphatic carbocycles. The van der Waals surface area contributed by atoms with Gasteiger partial charge >= 0.3 is 0 Å². The molecular weight excluding hydrogens is 122 g/mol. The normalized spacial score (nSPS) is 28.5. The van der Waals surface area contributed by atoms with E-state index in [0.717, 1.165) is 12.0 Å². The molecule has 0 aromatic rings. The summed E-state index contributed by atoms with van der Waals surface area (Å²) in [5.41, 5.74) is 0. The zero-order valence-electron chi connectivity index (χ0n) is 7.27. The van der Waals surface area contributed by atoms with Gasteiger partial charge in [0, 0.05) is 5.92 Å². The fourth-order valence-corrected chi connectivity index (χ4v) is 1.76. The van der Waals surface area contributed by atoms with Crippen LogP contribution in [0.3, 0.4) is 0 Å². The molecule has 1 aliphatic heterocycles. The molecule has 1 fully saturated rings. The van der Waals surface area contributed by atoms with Crippen molar-refractivity contribution in [2.24, 2.45) is 5.92 Å². The maximum atomic E-state index is 2.54. The molecule has 1 saturated heterocycles. The third kappa shape index (κ3) is 2.30. The predicted octanol–water partition coefficient (Wildman–Crippen LogP) is 1.15. The van der Waals surface area contributed by atoms with Gasteiger partial charge in [0.15, 0.2) is 0 Å². The Balaban J connectivity index is 2.28. The van der Waals surface area contributed by atoms with Gasteiger partial charge in [-0.05, 0) is 25.7 Å². The van der Waals surface area contributed by atoms with Crippen molar-refractivity contribution in [3.8, 4) is 0 Å². The van der Waals surface area contributed by atoms with Crippen LogP contribution >= 0.6 is 0 Å². The van der Waals surface area contributed by atoms with Crippen molar-refractivity contribution in [2.45, 2.75) is 45.6 Å². The summed E-state index contributed by atoms with van der Waals surface area (Å²) >= 11 is 0. The molecule has 2 N–H and O–H groups in total. The molecule has 1 heteroatoms. The molecule has 10 heavy (non-hydrogen) atoms. The smallest absolute Gasteiger partial charge is 0.0882 e. The highest BCUT2D eigenvalue weighted by Crippen LogP contribution is 2.09. The van der Waals surface area contributed by atoms with Gasteiger partial charge in [-0.25, -0.2) is 0 Å². The molecule has 0 saturated carbocycles. The second-order valence-corrected chi connectivity index (χ2v) is 3.78. The summed E-state index contributed by atoms with van der Waals surface area (Å²) in [5.74, 6) is 0.873. The molecule has 0 radical (unpaired) electrons. The van der Waals surface area contributed by atoms with Crippen molar-refractivity contribution in [1.82, 2.24) is 0 Å². The first kappa shape index (κ1) is 8.06. The van der Waals surface area contributed by atoms with Gasteiger partial charge in [-0.1, -0.05) is 13.8 Å². The van der Waals surface area contributed by atoms with Gasteiger partial charge < -0.3 is 5.32 Å². The van der Waals surface area contributed by atoms with Gasteiger partial charge in [-0.2, -0.15) is 0 Å². The summed E-state index contributed by atoms with van der Waals surface area (Å²) in [5, 5.41) is 2.54. The minimum atomic E-state index is 0.873. The Morgan fingerprint density at radius 1 is 1.20 bits per heavy atom. The average Bonchev–Trinajstić information content (AvgIpc) is 2.12. The lowest BCUT2D eigenvalue weighted by molar-refractivity contribution is -0.693. The highest BCUT2D eigenvalue weighted by Gasteiger charge is 2.17. The second kappa shape index (κ2) is 3.97. The number of rotatable bonds is 1. The summed E-state index contributed by atoms with van der Waals surface area (Å²) in [6.07, 6.45) is 5.79. The maximum absolute atomic E-state index is 2.54. The fraction of sp³-hybridized carbons (Fsp3) is 1.00. The maximum Gasteiger partial charge on any atom is 0.0882 e. The topological polar surface area (TPSA) is 16.6 Å². The predicted molar refractivity (Wildman–Crippen MR) is 43.9 cm³/mol. The SMILES string of the molecule is CC(C)[C@@H]1CCCCC[NH2+]1. The molecule has 1 atom stereocenters. The van der Waals surface area contributed by atoms with E-state index in [9.17, 15) is 0 Å². The third-order valence-electron chi connectivity index (χ3n) is 2.57. The minimum Gasteiger partial charge on any atom is -0.344 e. The number of hydrogen-bond acceptors (Lipinski definition) is 0. The van der Waals surface area contributed by atoms with Gasteiger partial charge in [0.2, 0.25) is 0 Å². The van der Waals surface area contributed by atoms with E-state index in [4.69, 9.17) is 0 Å². The van der Waals surface area contributed by atoms with Crippen LogP contribution in [0.4, 0.5) is 0 Å². The van der Waals surface area contributed by atoms with E-state index in [1.807, 2.05) is 0 Å². The summed E-state index contributed by atoms with van der Waals surface area (Å²) in [6, 6.07) is 0.919. The second-order valence-electron chi connectivity index (χ2n) is 3.78. The van der Waals surface area contributed by atoms with Crippen molar-refractivity contribution < 1.29 is 5.32 Å². The van der Waals surface area contributed by atoms with Crippen LogP contribution in [0.5, 0.6) is 0 Å². The fourth-order valence-electron chi connectivity index (χ4n) is 1.76. The Kier molecular flexibility index (Phi) is 3.20. The Hall–Kier alpha value is -0.0400. The van der Waals surface area contributed by atoms with Crippen LogP contribution in [0.2, 0.25) is 0 Å². The van der Waals surface area contributed by atoms with Crippen molar-refractivity contribution in [3.63, 3.8) is 0 Å². The van der Waals surface area contributed by atoms with Crippen LogP contribution in [0, 0.1) is 5.92 Å². The molecule has 0 unspecified atom stereocenters. The van der Waals surface area contributed by atoms with Gasteiger partial charge in [-0.15, -0.1) is 0 Å². The Labute approximate surface area is 64.2 Å². The van der Waals surface area contributed by atoms with E-state index in [1.54, 1.807) is 0 Å². The van der Waals surface area contributed by atoms with E-state index in [-0.39, 0.29) is 0 Å². The molecule has 0 amide bonds. The first-order valence-corrected chi connectivity index (χ1v) is 4.64. The zero-order valence-corrected chi connectivity index (χ0v) is 7.27. The van der Waals surface area contributed by atoms with Crippen LogP contribution in [-0.4, -0.2) is 12.6 Å². The summed E-state index contributed by atoms with van der Waals surface area (Å²) < 4.78 is 0. The Morgan fingerprint density at radius 2 is 2.00 bits per heavy atom. The molecule has 0 aromatic carbocycles. The average molecular weight is 142 g/mol. The molecule has 0 aromatic heterocycles. The van der Waals surface area contributed by atoms with Crippen LogP contribution in [0.1, 0.15) is 39.5 Å². The number of quaternary nitrogens is 1. The molecule has 60 valence electrons. The largest absolute Gasteiger partial charge is 0.344 e. The molecule has 1 rings (SSSR count). The third-order valence-corrected chi connectivity index (χ3v) is 2.57. The van der Waals surface area contributed by atoms with Gasteiger partial charge in [0.05, 0.1) is 12.6 Å². The van der Waals surface area contributed by atoms with E-state index >= 15 is 0 Å². The number of nitrogens with two attached hydrogens (primary N) is 1. The summed E-state index contributed by atoms with van der Waals surface area (Å²) in [7, 11) is 0. The van der Waals surface area contributed by atoms with E-state index in [2.05, 4.69) is 19.2 Å². The van der Waals surface area contributed by atoms with E-state index in [1.165, 1.54) is 32.2 Å². The van der Waals surface area contributed by atoms with Crippen LogP contribution in [0.15, 0.2) is 0 Å². The molecule has 1 aliphatic rings. The summed E-state index contributed by atoms with van der Waals surface area (Å²) in [4.78, 5) is 0. The number of hydrogen-bond donors (Lipinski definition) is 1. The highest BCUT2D eigenvalue weighted by molar-refractivity contribution is 4.61. The van der Waals surface area contributed by atoms with Crippen molar-refractivity contribution in [2.75, 3.05) is 6.54 Å². The van der Waals surface area contributed by atoms with Crippen molar-refractivity contribution in [3.05, 3.63) is 0 Å². The highest BCUT2D eigenvalue weighted by atomic mass is 14.9. The van der Waals surface area contributed by atoms with Gasteiger partial charge in [-0.3, -0.25) is 0 Å². The first-order valence-electron chi connectivity index (χ1n) is 4.64. The molecule has 1 heterocycles. The minimum absolute atomic E-state index is 0.873. The Bertz CT molecular complexity index is 80.7. The molecular formula is C9H20N+. The van der Waals surface area contributed by atoms with Crippen LogP contribution < -0.4 is 5.32 Å². The van der Waals surface area contributed by atoms with Crippen molar-refractivity contribution in [1.29, 1.82) is 0 Å². The quantitative estimate of drug-likeness (QED) is 0.565. The standard InChI is InChI=1S/C9H19N/c1-8(2)9-6-4-3-5-7-10-9/h8-10H,3-7H2,1-2H3/p+1/t9-/m0/s1. The molecule has 1 nitrogen and oxygen atoms in total. The van der Waals surface area contributed by atoms with Gasteiger partial charge in [0.25, 0.3) is 0 Å². The molecule has 0 spiro atoms. The first-order chi connectivity index (χ1) is 4.80. The van der Waals surface area contributed by atoms with E-state index < -0.39 is 0 Å². The zero-order chi connectivity index (χ0) is 7.40.